The molecule has 0 aliphatic carbocycles. The van der Waals surface area contributed by atoms with E-state index in [2.05, 4.69) is 10.0 Å². The van der Waals surface area contributed by atoms with Gasteiger partial charge in [-0.25, -0.2) is 8.42 Å². The van der Waals surface area contributed by atoms with Crippen molar-refractivity contribution < 1.29 is 17.9 Å². The predicted octanol–water partition coefficient (Wildman–Crippen LogP) is 4.68. The molecule has 0 spiro atoms. The fourth-order valence-electron chi connectivity index (χ4n) is 3.15. The third-order valence-electron chi connectivity index (χ3n) is 4.79. The summed E-state index contributed by atoms with van der Waals surface area (Å²) in [6.45, 7) is 6.08. The molecule has 31 heavy (non-hydrogen) atoms. The molecule has 3 aromatic rings. The zero-order valence-electron chi connectivity index (χ0n) is 17.8. The Hall–Kier alpha value is -3.32. The average molecular weight is 439 g/mol. The molecule has 0 saturated heterocycles. The molecule has 0 unspecified atom stereocenters. The smallest absolute Gasteiger partial charge is 0.262 e. The van der Waals surface area contributed by atoms with Crippen LogP contribution in [0.3, 0.4) is 0 Å². The Bertz CT molecular complexity index is 1170. The maximum absolute atomic E-state index is 13.0. The molecule has 0 fully saturated rings. The largest absolute Gasteiger partial charge is 0.494 e. The predicted molar refractivity (Wildman–Crippen MR) is 123 cm³/mol. The van der Waals surface area contributed by atoms with Crippen molar-refractivity contribution in [3.05, 3.63) is 83.4 Å². The van der Waals surface area contributed by atoms with E-state index in [0.29, 0.717) is 29.3 Å². The first-order chi connectivity index (χ1) is 14.8. The summed E-state index contributed by atoms with van der Waals surface area (Å²) < 4.78 is 33.9. The number of carbonyl (C=O) groups excluding carboxylic acids is 1. The molecule has 3 aromatic carbocycles. The van der Waals surface area contributed by atoms with Crippen LogP contribution in [0.2, 0.25) is 0 Å². The molecule has 2 N–H and O–H groups in total. The van der Waals surface area contributed by atoms with E-state index in [-0.39, 0.29) is 17.2 Å². The maximum Gasteiger partial charge on any atom is 0.262 e. The van der Waals surface area contributed by atoms with E-state index in [1.54, 1.807) is 43.3 Å². The third kappa shape index (κ3) is 5.86. The van der Waals surface area contributed by atoms with E-state index >= 15 is 0 Å². The number of amides is 1. The molecule has 1 amide bonds. The number of anilines is 2. The van der Waals surface area contributed by atoms with Gasteiger partial charge in [0.2, 0.25) is 5.91 Å². The van der Waals surface area contributed by atoms with E-state index in [9.17, 15) is 13.2 Å². The second-order valence-electron chi connectivity index (χ2n) is 7.19. The molecular formula is C24H26N2O4S. The molecular weight excluding hydrogens is 412 g/mol. The van der Waals surface area contributed by atoms with Gasteiger partial charge in [0.1, 0.15) is 5.75 Å². The number of benzene rings is 3. The minimum Gasteiger partial charge on any atom is -0.494 e. The standard InChI is InChI=1S/C24H26N2O4S/c1-4-30-22-13-11-20(12-14-22)26-31(28,29)23-16-21(10-9-18(23)3)25-24(27)15-19-8-6-5-7-17(19)2/h5-14,16,26H,4,15H2,1-3H3,(H,25,27). The lowest BCUT2D eigenvalue weighted by Crippen LogP contribution is -2.17. The first kappa shape index (κ1) is 22.4. The summed E-state index contributed by atoms with van der Waals surface area (Å²) in [7, 11) is -3.84. The van der Waals surface area contributed by atoms with Gasteiger partial charge in [-0.2, -0.15) is 0 Å². The Morgan fingerprint density at radius 3 is 2.26 bits per heavy atom. The van der Waals surface area contributed by atoms with E-state index in [4.69, 9.17) is 4.74 Å². The highest BCUT2D eigenvalue weighted by Gasteiger charge is 2.18. The number of sulfonamides is 1. The van der Waals surface area contributed by atoms with Crippen LogP contribution in [0, 0.1) is 13.8 Å². The van der Waals surface area contributed by atoms with Crippen LogP contribution in [-0.4, -0.2) is 20.9 Å². The second kappa shape index (κ2) is 9.66. The van der Waals surface area contributed by atoms with Crippen molar-refractivity contribution in [2.45, 2.75) is 32.1 Å². The quantitative estimate of drug-likeness (QED) is 0.535. The normalized spacial score (nSPS) is 11.1. The number of ether oxygens (including phenoxy) is 1. The molecule has 162 valence electrons. The Labute approximate surface area is 183 Å². The summed E-state index contributed by atoms with van der Waals surface area (Å²) >= 11 is 0. The van der Waals surface area contributed by atoms with Crippen molar-refractivity contribution >= 4 is 27.3 Å². The van der Waals surface area contributed by atoms with Crippen molar-refractivity contribution in [2.75, 3.05) is 16.6 Å². The van der Waals surface area contributed by atoms with Gasteiger partial charge < -0.3 is 10.1 Å². The van der Waals surface area contributed by atoms with Crippen LogP contribution in [-0.2, 0) is 21.2 Å². The molecule has 0 aliphatic rings. The summed E-state index contributed by atoms with van der Waals surface area (Å²) in [5.41, 5.74) is 3.39. The molecule has 0 aliphatic heterocycles. The summed E-state index contributed by atoms with van der Waals surface area (Å²) in [6.07, 6.45) is 0.215. The molecule has 0 bridgehead atoms. The molecule has 0 radical (unpaired) electrons. The van der Waals surface area contributed by atoms with Crippen LogP contribution in [0.1, 0.15) is 23.6 Å². The zero-order chi connectivity index (χ0) is 22.4. The molecule has 0 aromatic heterocycles. The molecule has 3 rings (SSSR count). The van der Waals surface area contributed by atoms with Crippen LogP contribution >= 0.6 is 0 Å². The van der Waals surface area contributed by atoms with Gasteiger partial charge in [-0.1, -0.05) is 30.3 Å². The van der Waals surface area contributed by atoms with E-state index in [1.807, 2.05) is 38.1 Å². The number of nitrogens with one attached hydrogen (secondary N) is 2. The number of aryl methyl sites for hydroxylation is 2. The van der Waals surface area contributed by atoms with Crippen molar-refractivity contribution in [2.24, 2.45) is 0 Å². The highest BCUT2D eigenvalue weighted by Crippen LogP contribution is 2.24. The Morgan fingerprint density at radius 2 is 1.58 bits per heavy atom. The summed E-state index contributed by atoms with van der Waals surface area (Å²) in [6, 6.07) is 19.2. The van der Waals surface area contributed by atoms with Crippen LogP contribution < -0.4 is 14.8 Å². The third-order valence-corrected chi connectivity index (χ3v) is 6.31. The van der Waals surface area contributed by atoms with Gasteiger partial charge in [0.05, 0.1) is 17.9 Å². The summed E-state index contributed by atoms with van der Waals surface area (Å²) in [4.78, 5) is 12.6. The Morgan fingerprint density at radius 1 is 0.903 bits per heavy atom. The SMILES string of the molecule is CCOc1ccc(NS(=O)(=O)c2cc(NC(=O)Cc3ccccc3C)ccc2C)cc1. The lowest BCUT2D eigenvalue weighted by Gasteiger charge is -2.13. The summed E-state index contributed by atoms with van der Waals surface area (Å²) in [5, 5.41) is 2.80. The van der Waals surface area contributed by atoms with Gasteiger partial charge in [-0.05, 0) is 73.9 Å². The van der Waals surface area contributed by atoms with Gasteiger partial charge in [0, 0.05) is 11.4 Å². The maximum atomic E-state index is 13.0. The first-order valence-electron chi connectivity index (χ1n) is 9.99. The number of rotatable bonds is 8. The molecule has 0 atom stereocenters. The van der Waals surface area contributed by atoms with Crippen LogP contribution in [0.5, 0.6) is 5.75 Å². The van der Waals surface area contributed by atoms with Crippen LogP contribution in [0.15, 0.2) is 71.6 Å². The fourth-order valence-corrected chi connectivity index (χ4v) is 4.48. The van der Waals surface area contributed by atoms with Gasteiger partial charge in [-0.15, -0.1) is 0 Å². The van der Waals surface area contributed by atoms with Crippen LogP contribution in [0.25, 0.3) is 0 Å². The lowest BCUT2D eigenvalue weighted by molar-refractivity contribution is -0.115. The van der Waals surface area contributed by atoms with Gasteiger partial charge in [0.25, 0.3) is 10.0 Å². The van der Waals surface area contributed by atoms with Gasteiger partial charge in [-0.3, -0.25) is 9.52 Å². The molecule has 7 heteroatoms. The number of hydrogen-bond acceptors (Lipinski definition) is 4. The minimum absolute atomic E-state index is 0.107. The van der Waals surface area contributed by atoms with Crippen LogP contribution in [0.4, 0.5) is 11.4 Å². The van der Waals surface area contributed by atoms with E-state index in [0.717, 1.165) is 11.1 Å². The highest BCUT2D eigenvalue weighted by molar-refractivity contribution is 7.92. The number of carbonyl (C=O) groups is 1. The van der Waals surface area contributed by atoms with Gasteiger partial charge in [0.15, 0.2) is 0 Å². The van der Waals surface area contributed by atoms with E-state index in [1.165, 1.54) is 6.07 Å². The fraction of sp³-hybridized carbons (Fsp3) is 0.208. The monoisotopic (exact) mass is 438 g/mol. The van der Waals surface area contributed by atoms with Crippen molar-refractivity contribution in [1.29, 1.82) is 0 Å². The second-order valence-corrected chi connectivity index (χ2v) is 8.85. The first-order valence-corrected chi connectivity index (χ1v) is 11.5. The Balaban J connectivity index is 1.76. The number of hydrogen-bond donors (Lipinski definition) is 2. The molecule has 0 saturated carbocycles. The van der Waals surface area contributed by atoms with Crippen molar-refractivity contribution in [3.63, 3.8) is 0 Å². The van der Waals surface area contributed by atoms with Crippen molar-refractivity contribution in [3.8, 4) is 5.75 Å². The topological polar surface area (TPSA) is 84.5 Å². The zero-order valence-corrected chi connectivity index (χ0v) is 18.6. The molecule has 0 heterocycles. The Kier molecular flexibility index (Phi) is 6.97. The van der Waals surface area contributed by atoms with E-state index < -0.39 is 10.0 Å². The molecule has 6 nitrogen and oxygen atoms in total. The average Bonchev–Trinajstić information content (AvgIpc) is 2.72. The minimum atomic E-state index is -3.84. The van der Waals surface area contributed by atoms with Crippen molar-refractivity contribution in [1.82, 2.24) is 0 Å². The lowest BCUT2D eigenvalue weighted by atomic mass is 10.1. The summed E-state index contributed by atoms with van der Waals surface area (Å²) in [5.74, 6) is 0.459. The van der Waals surface area contributed by atoms with Gasteiger partial charge >= 0.3 is 0 Å². The highest BCUT2D eigenvalue weighted by atomic mass is 32.2.